The fraction of sp³-hybridized carbons (Fsp3) is 0.308. The first kappa shape index (κ1) is 10.4. The summed E-state index contributed by atoms with van der Waals surface area (Å²) in [5.74, 6) is 0. The molecule has 78 valence electrons. The van der Waals surface area contributed by atoms with Crippen molar-refractivity contribution in [2.75, 3.05) is 0 Å². The molecule has 0 atom stereocenters. The first-order chi connectivity index (χ1) is 7.07. The van der Waals surface area contributed by atoms with Gasteiger partial charge in [0.05, 0.1) is 10.6 Å². The summed E-state index contributed by atoms with van der Waals surface area (Å²) in [5.41, 5.74) is 2.35. The maximum atomic E-state index is 4.70. The normalized spacial score (nSPS) is 11.7. The van der Waals surface area contributed by atoms with Gasteiger partial charge in [0.2, 0.25) is 0 Å². The predicted molar refractivity (Wildman–Crippen MR) is 66.3 cm³/mol. The van der Waals surface area contributed by atoms with Gasteiger partial charge in [-0.05, 0) is 23.6 Å². The van der Waals surface area contributed by atoms with Crippen LogP contribution in [-0.4, -0.2) is 4.98 Å². The van der Waals surface area contributed by atoms with Gasteiger partial charge in [0.1, 0.15) is 0 Å². The van der Waals surface area contributed by atoms with Gasteiger partial charge in [-0.15, -0.1) is 11.3 Å². The topological polar surface area (TPSA) is 12.9 Å². The average molecular weight is 217 g/mol. The third kappa shape index (κ3) is 2.26. The minimum atomic E-state index is 0.118. The molecular weight excluding hydrogens is 202 g/mol. The van der Waals surface area contributed by atoms with Crippen molar-refractivity contribution in [3.63, 3.8) is 0 Å². The molecule has 0 fully saturated rings. The molecule has 0 bridgehead atoms. The van der Waals surface area contributed by atoms with Crippen molar-refractivity contribution in [3.05, 3.63) is 41.4 Å². The van der Waals surface area contributed by atoms with E-state index in [0.717, 1.165) is 11.4 Å². The predicted octanol–water partition coefficient (Wildman–Crippen LogP) is 4.11. The van der Waals surface area contributed by atoms with Crippen LogP contribution < -0.4 is 0 Å². The van der Waals surface area contributed by atoms with E-state index in [2.05, 4.69) is 56.5 Å². The number of nitrogens with zero attached hydrogens (tertiary/aromatic N) is 1. The summed E-state index contributed by atoms with van der Waals surface area (Å²) < 4.78 is 0. The number of hydrogen-bond acceptors (Lipinski definition) is 2. The zero-order chi connectivity index (χ0) is 10.9. The Kier molecular flexibility index (Phi) is 2.61. The van der Waals surface area contributed by atoms with Gasteiger partial charge >= 0.3 is 0 Å². The highest BCUT2D eigenvalue weighted by Gasteiger charge is 2.15. The molecule has 0 saturated heterocycles. The van der Waals surface area contributed by atoms with E-state index >= 15 is 0 Å². The maximum Gasteiger partial charge on any atom is 0.0805 e. The molecule has 0 aliphatic rings. The van der Waals surface area contributed by atoms with Crippen LogP contribution in [0.1, 0.15) is 26.5 Å². The van der Waals surface area contributed by atoms with Gasteiger partial charge in [0.15, 0.2) is 0 Å². The van der Waals surface area contributed by atoms with Crippen molar-refractivity contribution in [2.45, 2.75) is 26.2 Å². The summed E-state index contributed by atoms with van der Waals surface area (Å²) in [6, 6.07) is 10.4. The fourth-order valence-corrected chi connectivity index (χ4v) is 2.11. The highest BCUT2D eigenvalue weighted by Crippen LogP contribution is 2.26. The number of pyridine rings is 1. The summed E-state index contributed by atoms with van der Waals surface area (Å²) in [6.07, 6.45) is 0. The first-order valence-corrected chi connectivity index (χ1v) is 5.97. The fourth-order valence-electron chi connectivity index (χ4n) is 1.41. The van der Waals surface area contributed by atoms with Gasteiger partial charge in [-0.1, -0.05) is 32.9 Å². The highest BCUT2D eigenvalue weighted by molar-refractivity contribution is 7.13. The molecule has 2 heterocycles. The molecule has 1 nitrogen and oxygen atoms in total. The molecule has 2 heteroatoms. The van der Waals surface area contributed by atoms with Crippen molar-refractivity contribution in [2.24, 2.45) is 0 Å². The first-order valence-electron chi connectivity index (χ1n) is 5.09. The van der Waals surface area contributed by atoms with Crippen LogP contribution in [0, 0.1) is 0 Å². The van der Waals surface area contributed by atoms with Gasteiger partial charge in [0.25, 0.3) is 0 Å². The number of hydrogen-bond donors (Lipinski definition) is 0. The van der Waals surface area contributed by atoms with Gasteiger partial charge in [-0.2, -0.15) is 0 Å². The molecule has 2 aromatic heterocycles. The van der Waals surface area contributed by atoms with Crippen LogP contribution in [0.4, 0.5) is 0 Å². The van der Waals surface area contributed by atoms with Gasteiger partial charge in [0, 0.05) is 11.1 Å². The molecule has 0 aliphatic heterocycles. The summed E-state index contributed by atoms with van der Waals surface area (Å²) in [5, 5.41) is 2.08. The van der Waals surface area contributed by atoms with Crippen molar-refractivity contribution in [3.8, 4) is 10.6 Å². The van der Waals surface area contributed by atoms with Crippen LogP contribution in [0.5, 0.6) is 0 Å². The molecule has 0 unspecified atom stereocenters. The van der Waals surface area contributed by atoms with Crippen molar-refractivity contribution in [1.82, 2.24) is 4.98 Å². The molecule has 0 aromatic carbocycles. The van der Waals surface area contributed by atoms with Crippen LogP contribution in [0.15, 0.2) is 35.7 Å². The van der Waals surface area contributed by atoms with Gasteiger partial charge in [-0.25, -0.2) is 0 Å². The highest BCUT2D eigenvalue weighted by atomic mass is 32.1. The summed E-state index contributed by atoms with van der Waals surface area (Å²) >= 11 is 1.73. The van der Waals surface area contributed by atoms with Crippen LogP contribution in [0.3, 0.4) is 0 Å². The number of aromatic nitrogens is 1. The molecule has 0 aliphatic carbocycles. The van der Waals surface area contributed by atoms with E-state index in [-0.39, 0.29) is 5.41 Å². The quantitative estimate of drug-likeness (QED) is 0.700. The van der Waals surface area contributed by atoms with Crippen molar-refractivity contribution < 1.29 is 0 Å². The third-order valence-corrected chi connectivity index (χ3v) is 3.18. The molecule has 0 N–H and O–H groups in total. The molecule has 0 radical (unpaired) electrons. The summed E-state index contributed by atoms with van der Waals surface area (Å²) in [4.78, 5) is 5.93. The zero-order valence-electron chi connectivity index (χ0n) is 9.32. The smallest absolute Gasteiger partial charge is 0.0805 e. The Balaban J connectivity index is 2.44. The molecular formula is C13H15NS. The molecule has 0 amide bonds. The Hall–Kier alpha value is -1.15. The molecule has 2 aromatic rings. The molecule has 2 rings (SSSR count). The summed E-state index contributed by atoms with van der Waals surface area (Å²) in [7, 11) is 0. The minimum absolute atomic E-state index is 0.118. The van der Waals surface area contributed by atoms with E-state index in [1.54, 1.807) is 11.3 Å². The van der Waals surface area contributed by atoms with Crippen molar-refractivity contribution in [1.29, 1.82) is 0 Å². The SMILES string of the molecule is CC(C)(C)c1cccc(-c2cccs2)n1. The Morgan fingerprint density at radius 1 is 1.07 bits per heavy atom. The van der Waals surface area contributed by atoms with E-state index < -0.39 is 0 Å². The Labute approximate surface area is 94.8 Å². The van der Waals surface area contributed by atoms with E-state index in [1.165, 1.54) is 4.88 Å². The molecule has 0 spiro atoms. The van der Waals surface area contributed by atoms with E-state index in [9.17, 15) is 0 Å². The van der Waals surface area contributed by atoms with Crippen molar-refractivity contribution >= 4 is 11.3 Å². The minimum Gasteiger partial charge on any atom is -0.251 e. The van der Waals surface area contributed by atoms with E-state index in [4.69, 9.17) is 4.98 Å². The van der Waals surface area contributed by atoms with E-state index in [1.807, 2.05) is 0 Å². The third-order valence-electron chi connectivity index (χ3n) is 2.29. The lowest BCUT2D eigenvalue weighted by atomic mass is 9.91. The van der Waals surface area contributed by atoms with Crippen LogP contribution in [-0.2, 0) is 5.41 Å². The Bertz CT molecular complexity index is 438. The Morgan fingerprint density at radius 2 is 1.87 bits per heavy atom. The largest absolute Gasteiger partial charge is 0.251 e. The van der Waals surface area contributed by atoms with Gasteiger partial charge in [-0.3, -0.25) is 4.98 Å². The number of rotatable bonds is 1. The summed E-state index contributed by atoms with van der Waals surface area (Å²) in [6.45, 7) is 6.56. The lowest BCUT2D eigenvalue weighted by Crippen LogP contribution is -2.13. The standard InChI is InChI=1S/C13H15NS/c1-13(2,3)12-8-4-6-10(14-12)11-7-5-9-15-11/h4-9H,1-3H3. The lowest BCUT2D eigenvalue weighted by Gasteiger charge is -2.17. The second-order valence-electron chi connectivity index (χ2n) is 4.64. The van der Waals surface area contributed by atoms with Gasteiger partial charge < -0.3 is 0 Å². The lowest BCUT2D eigenvalue weighted by molar-refractivity contribution is 0.570. The number of thiophene rings is 1. The van der Waals surface area contributed by atoms with Crippen LogP contribution >= 0.6 is 11.3 Å². The van der Waals surface area contributed by atoms with Crippen LogP contribution in [0.25, 0.3) is 10.6 Å². The van der Waals surface area contributed by atoms with E-state index in [0.29, 0.717) is 0 Å². The zero-order valence-corrected chi connectivity index (χ0v) is 10.1. The molecule has 0 saturated carbocycles. The average Bonchev–Trinajstić information content (AvgIpc) is 2.69. The second kappa shape index (κ2) is 3.78. The second-order valence-corrected chi connectivity index (χ2v) is 5.58. The maximum absolute atomic E-state index is 4.70. The Morgan fingerprint density at radius 3 is 2.47 bits per heavy atom. The van der Waals surface area contributed by atoms with Crippen LogP contribution in [0.2, 0.25) is 0 Å². The monoisotopic (exact) mass is 217 g/mol. The molecule has 15 heavy (non-hydrogen) atoms.